The van der Waals surface area contributed by atoms with Crippen molar-refractivity contribution in [2.75, 3.05) is 50.5 Å². The summed E-state index contributed by atoms with van der Waals surface area (Å²) in [5.41, 5.74) is 0. The zero-order chi connectivity index (χ0) is 17.2. The number of carbonyl (C=O) groups excluding carboxylic acids is 1. The van der Waals surface area contributed by atoms with Gasteiger partial charge in [-0.15, -0.1) is 11.3 Å². The minimum atomic E-state index is 0.0848. The lowest BCUT2D eigenvalue weighted by Gasteiger charge is -2.28. The van der Waals surface area contributed by atoms with Crippen molar-refractivity contribution in [2.45, 2.75) is 24.4 Å². The molecule has 0 unspecified atom stereocenters. The average Bonchev–Trinajstić information content (AvgIpc) is 3.12. The van der Waals surface area contributed by atoms with Gasteiger partial charge < -0.3 is 14.5 Å². The number of anilines is 1. The van der Waals surface area contributed by atoms with Gasteiger partial charge in [0.05, 0.1) is 23.5 Å². The van der Waals surface area contributed by atoms with E-state index in [-0.39, 0.29) is 5.91 Å². The molecule has 0 N–H and O–H groups in total. The average molecular weight is 379 g/mol. The summed E-state index contributed by atoms with van der Waals surface area (Å²) in [7, 11) is 0. The highest BCUT2D eigenvalue weighted by Crippen LogP contribution is 2.34. The Hall–Kier alpha value is -1.38. The molecular formula is C17H22N4O2S2. The third-order valence-electron chi connectivity index (χ3n) is 4.70. The molecule has 0 saturated carbocycles. The van der Waals surface area contributed by atoms with Gasteiger partial charge in [0.1, 0.15) is 10.6 Å². The van der Waals surface area contributed by atoms with E-state index >= 15 is 0 Å². The first kappa shape index (κ1) is 17.1. The van der Waals surface area contributed by atoms with Crippen LogP contribution in [0.3, 0.4) is 0 Å². The van der Waals surface area contributed by atoms with Crippen LogP contribution in [-0.4, -0.2) is 66.4 Å². The number of amides is 1. The zero-order valence-electron chi connectivity index (χ0n) is 14.4. The minimum absolute atomic E-state index is 0.0848. The molecule has 2 aromatic rings. The molecule has 2 saturated heterocycles. The van der Waals surface area contributed by atoms with Crippen molar-refractivity contribution < 1.29 is 9.53 Å². The quantitative estimate of drug-likeness (QED) is 0.605. The lowest BCUT2D eigenvalue weighted by molar-refractivity contribution is 0.0306. The lowest BCUT2D eigenvalue weighted by atomic mass is 10.1. The highest BCUT2D eigenvalue weighted by atomic mass is 32.2. The highest BCUT2D eigenvalue weighted by molar-refractivity contribution is 7.98. The van der Waals surface area contributed by atoms with Crippen LogP contribution in [0.15, 0.2) is 11.2 Å². The van der Waals surface area contributed by atoms with Gasteiger partial charge >= 0.3 is 0 Å². The highest BCUT2D eigenvalue weighted by Gasteiger charge is 2.24. The van der Waals surface area contributed by atoms with E-state index in [9.17, 15) is 4.79 Å². The Kier molecular flexibility index (Phi) is 5.10. The Labute approximate surface area is 155 Å². The van der Waals surface area contributed by atoms with Gasteiger partial charge in [0, 0.05) is 26.2 Å². The van der Waals surface area contributed by atoms with E-state index in [1.165, 1.54) is 30.6 Å². The molecule has 0 bridgehead atoms. The van der Waals surface area contributed by atoms with Crippen LogP contribution < -0.4 is 4.90 Å². The van der Waals surface area contributed by atoms with Gasteiger partial charge in [0.25, 0.3) is 5.91 Å². The van der Waals surface area contributed by atoms with E-state index in [0.29, 0.717) is 26.3 Å². The summed E-state index contributed by atoms with van der Waals surface area (Å²) in [5, 5.41) is 1.79. The number of nitrogens with zero attached hydrogens (tertiary/aromatic N) is 4. The number of hydrogen-bond donors (Lipinski definition) is 0. The van der Waals surface area contributed by atoms with Crippen molar-refractivity contribution in [3.63, 3.8) is 0 Å². The number of ether oxygens (including phenoxy) is 1. The first-order chi connectivity index (χ1) is 12.3. The van der Waals surface area contributed by atoms with Crippen LogP contribution in [0.4, 0.5) is 5.82 Å². The SMILES string of the molecule is CSc1nc(N2CCCCC2)c2cc(C(=O)N3CCOCC3)sc2n1. The zero-order valence-corrected chi connectivity index (χ0v) is 16.0. The fraction of sp³-hybridized carbons (Fsp3) is 0.588. The minimum Gasteiger partial charge on any atom is -0.378 e. The lowest BCUT2D eigenvalue weighted by Crippen LogP contribution is -2.40. The number of piperidine rings is 1. The third kappa shape index (κ3) is 3.47. The second kappa shape index (κ2) is 7.47. The molecule has 134 valence electrons. The standard InChI is InChI=1S/C17H22N4O2S2/c1-24-17-18-14(20-5-3-2-4-6-20)12-11-13(25-15(12)19-17)16(22)21-7-9-23-10-8-21/h11H,2-10H2,1H3. The number of hydrogen-bond acceptors (Lipinski definition) is 7. The van der Waals surface area contributed by atoms with Gasteiger partial charge in [0.2, 0.25) is 0 Å². The fourth-order valence-electron chi connectivity index (χ4n) is 3.35. The molecule has 2 aliphatic heterocycles. The topological polar surface area (TPSA) is 58.6 Å². The van der Waals surface area contributed by atoms with Gasteiger partial charge in [0.15, 0.2) is 5.16 Å². The van der Waals surface area contributed by atoms with Gasteiger partial charge in [-0.3, -0.25) is 4.79 Å². The number of rotatable bonds is 3. The molecule has 8 heteroatoms. The Morgan fingerprint density at radius 1 is 1.16 bits per heavy atom. The monoisotopic (exact) mass is 378 g/mol. The van der Waals surface area contributed by atoms with Crippen molar-refractivity contribution in [1.29, 1.82) is 0 Å². The molecule has 2 aromatic heterocycles. The summed E-state index contributed by atoms with van der Waals surface area (Å²) in [6, 6.07) is 1.99. The van der Waals surface area contributed by atoms with E-state index < -0.39 is 0 Å². The van der Waals surface area contributed by atoms with Crippen molar-refractivity contribution in [1.82, 2.24) is 14.9 Å². The maximum absolute atomic E-state index is 12.8. The fourth-order valence-corrected chi connectivity index (χ4v) is 4.76. The van der Waals surface area contributed by atoms with E-state index in [1.807, 2.05) is 17.2 Å². The molecule has 4 rings (SSSR count). The number of fused-ring (bicyclic) bond motifs is 1. The molecule has 6 nitrogen and oxygen atoms in total. The second-order valence-corrected chi connectivity index (χ2v) is 8.12. The predicted molar refractivity (Wildman–Crippen MR) is 102 cm³/mol. The molecule has 0 radical (unpaired) electrons. The van der Waals surface area contributed by atoms with Crippen molar-refractivity contribution in [3.8, 4) is 0 Å². The molecule has 25 heavy (non-hydrogen) atoms. The van der Waals surface area contributed by atoms with E-state index in [4.69, 9.17) is 9.72 Å². The first-order valence-electron chi connectivity index (χ1n) is 8.74. The van der Waals surface area contributed by atoms with Crippen LogP contribution in [0.5, 0.6) is 0 Å². The maximum Gasteiger partial charge on any atom is 0.264 e. The van der Waals surface area contributed by atoms with Crippen LogP contribution in [0.25, 0.3) is 10.2 Å². The first-order valence-corrected chi connectivity index (χ1v) is 10.8. The number of aromatic nitrogens is 2. The van der Waals surface area contributed by atoms with Crippen LogP contribution in [0.2, 0.25) is 0 Å². The van der Waals surface area contributed by atoms with Crippen LogP contribution in [0.1, 0.15) is 28.9 Å². The molecule has 0 aromatic carbocycles. The van der Waals surface area contributed by atoms with Gasteiger partial charge in [-0.05, 0) is 31.6 Å². The molecule has 2 aliphatic rings. The number of thioether (sulfide) groups is 1. The maximum atomic E-state index is 12.8. The Bertz CT molecular complexity index is 767. The van der Waals surface area contributed by atoms with Gasteiger partial charge in [-0.25, -0.2) is 9.97 Å². The normalized spacial score (nSPS) is 18.8. The second-order valence-electron chi connectivity index (χ2n) is 6.32. The summed E-state index contributed by atoms with van der Waals surface area (Å²) < 4.78 is 5.35. The smallest absolute Gasteiger partial charge is 0.264 e. The molecule has 0 spiro atoms. The summed E-state index contributed by atoms with van der Waals surface area (Å²) >= 11 is 3.04. The molecule has 4 heterocycles. The van der Waals surface area contributed by atoms with Gasteiger partial charge in [-0.1, -0.05) is 11.8 Å². The molecule has 0 atom stereocenters. The number of morpholine rings is 1. The third-order valence-corrected chi connectivity index (χ3v) is 6.26. The largest absolute Gasteiger partial charge is 0.378 e. The summed E-state index contributed by atoms with van der Waals surface area (Å²) in [6.07, 6.45) is 5.67. The van der Waals surface area contributed by atoms with E-state index in [0.717, 1.165) is 39.2 Å². The van der Waals surface area contributed by atoms with Crippen molar-refractivity contribution >= 4 is 45.0 Å². The Morgan fingerprint density at radius 2 is 1.92 bits per heavy atom. The van der Waals surface area contributed by atoms with E-state index in [1.54, 1.807) is 11.8 Å². The van der Waals surface area contributed by atoms with Crippen LogP contribution >= 0.6 is 23.1 Å². The van der Waals surface area contributed by atoms with E-state index in [2.05, 4.69) is 9.88 Å². The predicted octanol–water partition coefficient (Wildman–Crippen LogP) is 2.88. The summed E-state index contributed by atoms with van der Waals surface area (Å²) in [6.45, 7) is 4.62. The Balaban J connectivity index is 1.71. The summed E-state index contributed by atoms with van der Waals surface area (Å²) in [4.78, 5) is 28.1. The van der Waals surface area contributed by atoms with Crippen LogP contribution in [0, 0.1) is 0 Å². The van der Waals surface area contributed by atoms with Crippen LogP contribution in [-0.2, 0) is 4.74 Å². The molecule has 2 fully saturated rings. The Morgan fingerprint density at radius 3 is 2.64 bits per heavy atom. The number of carbonyl (C=O) groups is 1. The van der Waals surface area contributed by atoms with Gasteiger partial charge in [-0.2, -0.15) is 0 Å². The molecule has 1 amide bonds. The van der Waals surface area contributed by atoms with Crippen molar-refractivity contribution in [2.24, 2.45) is 0 Å². The molecule has 0 aliphatic carbocycles. The number of thiophene rings is 1. The summed E-state index contributed by atoms with van der Waals surface area (Å²) in [5.74, 6) is 1.08. The molecular weight excluding hydrogens is 356 g/mol. The van der Waals surface area contributed by atoms with Crippen molar-refractivity contribution in [3.05, 3.63) is 10.9 Å².